The molecule has 0 fully saturated rings. The van der Waals surface area contributed by atoms with Gasteiger partial charge in [0.1, 0.15) is 0 Å². The minimum atomic E-state index is -5.96. The van der Waals surface area contributed by atoms with Crippen LogP contribution in [0.3, 0.4) is 0 Å². The summed E-state index contributed by atoms with van der Waals surface area (Å²) in [4.78, 5) is 0. The molecule has 0 unspecified atom stereocenters. The molecule has 12 rings (SSSR count). The van der Waals surface area contributed by atoms with Gasteiger partial charge >= 0.3 is 61.8 Å². The number of alkyl halides is 30. The van der Waals surface area contributed by atoms with Crippen molar-refractivity contribution in [3.8, 4) is 73.1 Å². The van der Waals surface area contributed by atoms with E-state index in [9.17, 15) is 124 Å². The second-order valence-corrected chi connectivity index (χ2v) is 23.4. The Bertz CT molecular complexity index is 4970. The van der Waals surface area contributed by atoms with Crippen LogP contribution in [0.5, 0.6) is 0 Å². The fourth-order valence-corrected chi connectivity index (χ4v) is 12.5. The van der Waals surface area contributed by atoms with E-state index in [0.717, 1.165) is 94.1 Å². The van der Waals surface area contributed by atoms with Crippen LogP contribution in [-0.4, -0.2) is 9.13 Å². The lowest BCUT2D eigenvalue weighted by Gasteiger charge is -2.24. The molecule has 0 bridgehead atoms. The number of nitriles is 1. The van der Waals surface area contributed by atoms with Gasteiger partial charge in [0.05, 0.1) is 101 Å². The van der Waals surface area contributed by atoms with Gasteiger partial charge in [-0.2, -0.15) is 137 Å². The highest BCUT2D eigenvalue weighted by atomic mass is 19.4. The van der Waals surface area contributed by atoms with Gasteiger partial charge in [-0.25, -0.2) is 0 Å². The van der Waals surface area contributed by atoms with Crippen LogP contribution < -0.4 is 0 Å². The van der Waals surface area contributed by atoms with E-state index < -0.39 is 240 Å². The lowest BCUT2D eigenvalue weighted by atomic mass is 9.92. The van der Waals surface area contributed by atoms with Gasteiger partial charge in [-0.05, 0) is 171 Å². The van der Waals surface area contributed by atoms with Crippen LogP contribution in [0, 0.1) is 11.3 Å². The van der Waals surface area contributed by atoms with Gasteiger partial charge in [0, 0.05) is 27.1 Å². The van der Waals surface area contributed by atoms with Crippen LogP contribution in [0.25, 0.3) is 111 Å². The molecule has 538 valence electrons. The first kappa shape index (κ1) is 73.0. The Morgan fingerprint density at radius 1 is 0.221 bits per heavy atom. The van der Waals surface area contributed by atoms with Crippen molar-refractivity contribution in [2.45, 2.75) is 61.8 Å². The van der Waals surface area contributed by atoms with Gasteiger partial charge in [0.15, 0.2) is 0 Å². The molecule has 0 radical (unpaired) electrons. The molecule has 2 heterocycles. The van der Waals surface area contributed by atoms with E-state index in [1.54, 1.807) is 6.07 Å². The third-order valence-electron chi connectivity index (χ3n) is 17.0. The summed E-state index contributed by atoms with van der Waals surface area (Å²) < 4.78 is 442. The number of benzene rings is 10. The van der Waals surface area contributed by atoms with Crippen molar-refractivity contribution >= 4 is 43.6 Å². The molecule has 0 saturated carbocycles. The lowest BCUT2D eigenvalue weighted by Crippen LogP contribution is -2.14. The van der Waals surface area contributed by atoms with E-state index in [4.69, 9.17) is 0 Å². The molecule has 0 aliphatic heterocycles. The van der Waals surface area contributed by atoms with Gasteiger partial charge in [0.25, 0.3) is 0 Å². The Morgan fingerprint density at radius 2 is 0.423 bits per heavy atom. The van der Waals surface area contributed by atoms with Crippen LogP contribution >= 0.6 is 0 Å². The highest BCUT2D eigenvalue weighted by molar-refractivity contribution is 6.15. The highest BCUT2D eigenvalue weighted by Gasteiger charge is 2.45. The van der Waals surface area contributed by atoms with Crippen molar-refractivity contribution in [1.82, 2.24) is 9.13 Å². The molecule has 0 saturated heterocycles. The Kier molecular flexibility index (Phi) is 16.9. The predicted molar refractivity (Wildman–Crippen MR) is 317 cm³/mol. The van der Waals surface area contributed by atoms with Crippen LogP contribution in [0.4, 0.5) is 132 Å². The first-order chi connectivity index (χ1) is 47.8. The van der Waals surface area contributed by atoms with Crippen molar-refractivity contribution < 1.29 is 132 Å². The summed E-state index contributed by atoms with van der Waals surface area (Å²) in [5.41, 5.74) is -33.6. The second kappa shape index (κ2) is 24.1. The molecule has 0 N–H and O–H groups in total. The van der Waals surface area contributed by atoms with E-state index >= 15 is 13.2 Å². The Hall–Kier alpha value is -10.8. The normalized spacial score (nSPS) is 13.5. The van der Waals surface area contributed by atoms with E-state index in [-0.39, 0.29) is 60.7 Å². The summed E-state index contributed by atoms with van der Waals surface area (Å²) in [5, 5.41) is 8.78. The Balaban J connectivity index is 1.26. The molecule has 33 heteroatoms. The molecule has 10 aromatic carbocycles. The average Bonchev–Trinajstić information content (AvgIpc) is 1.52. The first-order valence-corrected chi connectivity index (χ1v) is 29.0. The summed E-state index contributed by atoms with van der Waals surface area (Å²) in [7, 11) is 0. The zero-order chi connectivity index (χ0) is 76.3. The van der Waals surface area contributed by atoms with Crippen molar-refractivity contribution in [2.24, 2.45) is 0 Å². The standard InChI is InChI=1S/C71H29F30N3/c72-62(73,74)36-5-10-41(50(25-36)67(87,88)89)32-1-15-55-46(21-32)47-22-33(42-11-6-37(63(75,76)77)26-51(42)68(90,91)92)2-16-56(47)103(55)59-19-31(30-102)20-60(61(59)45-14-9-40(66(84,85)86)29-54(45)71(99,100)101)104-57-17-3-34(43-12-7-38(64(78,79)80)27-52(43)69(93,94)95)23-48(57)49-24-35(4-18-58(49)104)44-13-8-39(65(81,82)83)28-53(44)70(96,97)98/h1-29H. The fourth-order valence-electron chi connectivity index (χ4n) is 12.5. The topological polar surface area (TPSA) is 33.6 Å². The molecule has 3 nitrogen and oxygen atoms in total. The van der Waals surface area contributed by atoms with Gasteiger partial charge in [0.2, 0.25) is 0 Å². The van der Waals surface area contributed by atoms with Crippen LogP contribution in [0.1, 0.15) is 61.2 Å². The van der Waals surface area contributed by atoms with Crippen molar-refractivity contribution in [3.05, 3.63) is 237 Å². The van der Waals surface area contributed by atoms with E-state index in [2.05, 4.69) is 0 Å². The third kappa shape index (κ3) is 13.3. The molecular weight excluding hydrogens is 1460 g/mol. The molecule has 104 heavy (non-hydrogen) atoms. The summed E-state index contributed by atoms with van der Waals surface area (Å²) in [6.45, 7) is 0. The molecule has 0 aliphatic carbocycles. The van der Waals surface area contributed by atoms with Gasteiger partial charge in [-0.3, -0.25) is 0 Å². The van der Waals surface area contributed by atoms with E-state index in [1.807, 2.05) is 0 Å². The van der Waals surface area contributed by atoms with Crippen molar-refractivity contribution in [2.75, 3.05) is 0 Å². The smallest absolute Gasteiger partial charge is 0.308 e. The van der Waals surface area contributed by atoms with Gasteiger partial charge < -0.3 is 9.13 Å². The summed E-state index contributed by atoms with van der Waals surface area (Å²) in [5.74, 6) is 0. The number of aromatic nitrogens is 2. The predicted octanol–water partition coefficient (Wildman–Crippen LogP) is 26.3. The van der Waals surface area contributed by atoms with Crippen LogP contribution in [-0.2, 0) is 61.8 Å². The molecule has 2 aromatic heterocycles. The number of hydrogen-bond acceptors (Lipinski definition) is 1. The number of halogens is 30. The lowest BCUT2D eigenvalue weighted by molar-refractivity contribution is -0.144. The first-order valence-electron chi connectivity index (χ1n) is 29.0. The number of fused-ring (bicyclic) bond motifs is 6. The maximum atomic E-state index is 16.1. The van der Waals surface area contributed by atoms with Crippen molar-refractivity contribution in [1.29, 1.82) is 5.26 Å². The maximum Gasteiger partial charge on any atom is 0.417 e. The fraction of sp³-hybridized carbons (Fsp3) is 0.141. The second-order valence-electron chi connectivity index (χ2n) is 23.4. The molecule has 0 amide bonds. The third-order valence-corrected chi connectivity index (χ3v) is 17.0. The van der Waals surface area contributed by atoms with E-state index in [1.165, 1.54) is 0 Å². The molecule has 0 spiro atoms. The van der Waals surface area contributed by atoms with Crippen LogP contribution in [0.2, 0.25) is 0 Å². The highest BCUT2D eigenvalue weighted by Crippen LogP contribution is 2.53. The molecular formula is C71H29F30N3. The summed E-state index contributed by atoms with van der Waals surface area (Å²) in [6, 6.07) is 13.6. The molecule has 0 aliphatic rings. The average molecular weight is 1490 g/mol. The SMILES string of the molecule is N#Cc1cc(-n2c3ccc(-c4ccc(C(F)(F)F)cc4C(F)(F)F)cc3c3cc(-c4ccc(C(F)(F)F)cc4C(F)(F)F)ccc32)c(-c2ccc(C(F)(F)F)cc2C(F)(F)F)c(-n2c3ccc(-c4ccc(C(F)(F)F)cc4C(F)(F)F)cc3c3cc(-c4ccc(C(F)(F)F)cc4C(F)(F)F)ccc32)c1. The quantitative estimate of drug-likeness (QED) is 0.146. The number of rotatable bonds is 7. The number of hydrogen-bond donors (Lipinski definition) is 0. The van der Waals surface area contributed by atoms with Crippen LogP contribution in [0.15, 0.2) is 176 Å². The van der Waals surface area contributed by atoms with Gasteiger partial charge in [-0.1, -0.05) is 54.6 Å². The zero-order valence-electron chi connectivity index (χ0n) is 50.4. The van der Waals surface area contributed by atoms with E-state index in [0.29, 0.717) is 24.3 Å². The maximum absolute atomic E-state index is 16.1. The number of nitrogens with zero attached hydrogens (tertiary/aromatic N) is 3. The van der Waals surface area contributed by atoms with Crippen molar-refractivity contribution in [3.63, 3.8) is 0 Å². The molecule has 0 atom stereocenters. The minimum Gasteiger partial charge on any atom is -0.308 e. The summed E-state index contributed by atoms with van der Waals surface area (Å²) in [6.07, 6.45) is -55.9. The molecule has 12 aromatic rings. The minimum absolute atomic E-state index is 0.0976. The largest absolute Gasteiger partial charge is 0.417 e. The Morgan fingerprint density at radius 3 is 0.615 bits per heavy atom. The zero-order valence-corrected chi connectivity index (χ0v) is 50.4. The monoisotopic (exact) mass is 1490 g/mol. The Labute approximate surface area is 560 Å². The summed E-state index contributed by atoms with van der Waals surface area (Å²) >= 11 is 0. The van der Waals surface area contributed by atoms with Gasteiger partial charge in [-0.15, -0.1) is 0 Å².